The van der Waals surface area contributed by atoms with Crippen molar-refractivity contribution in [3.8, 4) is 0 Å². The number of hydrogen-bond acceptors (Lipinski definition) is 8. The van der Waals surface area contributed by atoms with Crippen LogP contribution in [0.5, 0.6) is 0 Å². The Morgan fingerprint density at radius 3 is 2.12 bits per heavy atom. The lowest BCUT2D eigenvalue weighted by Gasteiger charge is -2.24. The van der Waals surface area contributed by atoms with Gasteiger partial charge in [0.15, 0.2) is 0 Å². The maximum absolute atomic E-state index is 12.7. The van der Waals surface area contributed by atoms with E-state index < -0.39 is 60.2 Å². The number of hydrogen-bond donors (Lipinski definition) is 8. The van der Waals surface area contributed by atoms with Crippen molar-refractivity contribution in [2.75, 3.05) is 5.75 Å². The van der Waals surface area contributed by atoms with Gasteiger partial charge >= 0.3 is 5.97 Å². The Labute approximate surface area is 196 Å². The lowest BCUT2D eigenvalue weighted by molar-refractivity contribution is -0.142. The van der Waals surface area contributed by atoms with Crippen LogP contribution in [0.2, 0.25) is 0 Å². The molecule has 1 rings (SSSR count). The molecule has 0 aromatic carbocycles. The first-order valence-corrected chi connectivity index (χ1v) is 10.8. The summed E-state index contributed by atoms with van der Waals surface area (Å²) >= 11 is 4.05. The molecular formula is C19H31N7O6S. The molecule has 4 amide bonds. The van der Waals surface area contributed by atoms with Gasteiger partial charge in [0.05, 0.1) is 18.8 Å². The normalized spacial score (nSPS) is 14.6. The standard InChI is InChI=1S/C19H31N7O6S/c1-9(2)3-11(20)16(28)26-14(7-33)18(30)24-12(5-15(21)27)17(29)25-13(19(31)32)4-10-6-22-8-23-10/h6,8-9,11-14,33H,3-5,7,20H2,1-2H3,(H2,21,27)(H,22,23)(H,24,30)(H,25,29)(H,26,28)(H,31,32). The third kappa shape index (κ3) is 9.91. The van der Waals surface area contributed by atoms with E-state index in [4.69, 9.17) is 11.5 Å². The Morgan fingerprint density at radius 1 is 1.06 bits per heavy atom. The number of primary amides is 1. The molecule has 0 aliphatic rings. The van der Waals surface area contributed by atoms with E-state index in [-0.39, 0.29) is 18.1 Å². The van der Waals surface area contributed by atoms with E-state index >= 15 is 0 Å². The summed E-state index contributed by atoms with van der Waals surface area (Å²) in [6.07, 6.45) is 2.45. The fourth-order valence-corrected chi connectivity index (χ4v) is 3.12. The van der Waals surface area contributed by atoms with Gasteiger partial charge in [0.25, 0.3) is 0 Å². The highest BCUT2D eigenvalue weighted by Gasteiger charge is 2.31. The highest BCUT2D eigenvalue weighted by molar-refractivity contribution is 7.80. The fraction of sp³-hybridized carbons (Fsp3) is 0.579. The van der Waals surface area contributed by atoms with Crippen LogP contribution in [-0.2, 0) is 30.4 Å². The van der Waals surface area contributed by atoms with Crippen LogP contribution in [0.25, 0.3) is 0 Å². The van der Waals surface area contributed by atoms with Crippen LogP contribution in [0.3, 0.4) is 0 Å². The van der Waals surface area contributed by atoms with Crippen LogP contribution < -0.4 is 27.4 Å². The molecule has 0 aliphatic heterocycles. The Kier molecular flexibility index (Phi) is 11.4. The van der Waals surface area contributed by atoms with Crippen LogP contribution in [-0.4, -0.2) is 74.6 Å². The summed E-state index contributed by atoms with van der Waals surface area (Å²) in [5.41, 5.74) is 11.5. The van der Waals surface area contributed by atoms with Crippen LogP contribution >= 0.6 is 12.6 Å². The topological polar surface area (TPSA) is 222 Å². The number of aromatic amines is 1. The van der Waals surface area contributed by atoms with Crippen molar-refractivity contribution >= 4 is 42.2 Å². The first-order valence-electron chi connectivity index (χ1n) is 10.2. The SMILES string of the molecule is CC(C)CC(N)C(=O)NC(CS)C(=O)NC(CC(N)=O)C(=O)NC(Cc1cnc[nH]1)C(=O)O. The smallest absolute Gasteiger partial charge is 0.326 e. The second kappa shape index (κ2) is 13.4. The quantitative estimate of drug-likeness (QED) is 0.133. The summed E-state index contributed by atoms with van der Waals surface area (Å²) in [5, 5.41) is 16.4. The number of aromatic nitrogens is 2. The average molecular weight is 486 g/mol. The van der Waals surface area contributed by atoms with E-state index in [0.29, 0.717) is 12.1 Å². The Morgan fingerprint density at radius 2 is 1.64 bits per heavy atom. The monoisotopic (exact) mass is 485 g/mol. The minimum absolute atomic E-state index is 0.110. The van der Waals surface area contributed by atoms with E-state index in [1.165, 1.54) is 12.5 Å². The molecule has 0 saturated carbocycles. The summed E-state index contributed by atoms with van der Waals surface area (Å²) in [7, 11) is 0. The van der Waals surface area contributed by atoms with Gasteiger partial charge in [-0.2, -0.15) is 12.6 Å². The third-order valence-electron chi connectivity index (χ3n) is 4.51. The van der Waals surface area contributed by atoms with E-state index in [1.54, 1.807) is 0 Å². The summed E-state index contributed by atoms with van der Waals surface area (Å²) in [6.45, 7) is 3.78. The Balaban J connectivity index is 2.87. The van der Waals surface area contributed by atoms with Crippen molar-refractivity contribution in [2.24, 2.45) is 17.4 Å². The minimum Gasteiger partial charge on any atom is -0.480 e. The minimum atomic E-state index is -1.47. The predicted molar refractivity (Wildman–Crippen MR) is 121 cm³/mol. The van der Waals surface area contributed by atoms with Crippen molar-refractivity contribution in [1.29, 1.82) is 0 Å². The van der Waals surface area contributed by atoms with Crippen molar-refractivity contribution in [1.82, 2.24) is 25.9 Å². The lowest BCUT2D eigenvalue weighted by Crippen LogP contribution is -2.58. The molecule has 9 N–H and O–H groups in total. The lowest BCUT2D eigenvalue weighted by atomic mass is 10.0. The molecule has 0 spiro atoms. The maximum atomic E-state index is 12.7. The highest BCUT2D eigenvalue weighted by atomic mass is 32.1. The first-order chi connectivity index (χ1) is 15.4. The number of carboxylic acids is 1. The van der Waals surface area contributed by atoms with Gasteiger partial charge < -0.3 is 37.5 Å². The van der Waals surface area contributed by atoms with Crippen molar-refractivity contribution in [3.05, 3.63) is 18.2 Å². The van der Waals surface area contributed by atoms with Crippen molar-refractivity contribution in [2.45, 2.75) is 57.3 Å². The molecule has 4 unspecified atom stereocenters. The van der Waals surface area contributed by atoms with Gasteiger partial charge in [-0.15, -0.1) is 0 Å². The first kappa shape index (κ1) is 27.9. The molecule has 0 saturated heterocycles. The van der Waals surface area contributed by atoms with Crippen molar-refractivity contribution < 1.29 is 29.1 Å². The van der Waals surface area contributed by atoms with Gasteiger partial charge in [-0.1, -0.05) is 13.8 Å². The van der Waals surface area contributed by atoms with Gasteiger partial charge in [-0.3, -0.25) is 19.2 Å². The number of H-pyrrole nitrogens is 1. The molecule has 184 valence electrons. The van der Waals surface area contributed by atoms with E-state index in [9.17, 15) is 29.1 Å². The predicted octanol–water partition coefficient (Wildman–Crippen LogP) is -2.33. The Hall–Kier alpha value is -3.13. The van der Waals surface area contributed by atoms with Crippen LogP contribution in [0.15, 0.2) is 12.5 Å². The second-order valence-electron chi connectivity index (χ2n) is 7.89. The van der Waals surface area contributed by atoms with Gasteiger partial charge in [0.2, 0.25) is 23.6 Å². The second-order valence-corrected chi connectivity index (χ2v) is 8.26. The molecule has 1 heterocycles. The number of nitrogens with zero attached hydrogens (tertiary/aromatic N) is 1. The van der Waals surface area contributed by atoms with Crippen LogP contribution in [0.4, 0.5) is 0 Å². The Bertz CT molecular complexity index is 833. The molecule has 0 aliphatic carbocycles. The van der Waals surface area contributed by atoms with Crippen LogP contribution in [0.1, 0.15) is 32.4 Å². The third-order valence-corrected chi connectivity index (χ3v) is 4.87. The molecule has 0 fully saturated rings. The summed E-state index contributed by atoms with van der Waals surface area (Å²) in [4.78, 5) is 67.1. The maximum Gasteiger partial charge on any atom is 0.326 e. The van der Waals surface area contributed by atoms with E-state index in [1.807, 2.05) is 13.8 Å². The highest BCUT2D eigenvalue weighted by Crippen LogP contribution is 2.04. The largest absolute Gasteiger partial charge is 0.480 e. The number of thiol groups is 1. The van der Waals surface area contributed by atoms with Crippen LogP contribution in [0, 0.1) is 5.92 Å². The fourth-order valence-electron chi connectivity index (χ4n) is 2.86. The van der Waals surface area contributed by atoms with Gasteiger partial charge in [-0.05, 0) is 12.3 Å². The molecule has 0 bridgehead atoms. The molecule has 0 radical (unpaired) electrons. The molecule has 14 heteroatoms. The summed E-state index contributed by atoms with van der Waals surface area (Å²) < 4.78 is 0. The number of nitrogens with one attached hydrogen (secondary N) is 4. The molecule has 1 aromatic rings. The average Bonchev–Trinajstić information content (AvgIpc) is 3.22. The zero-order chi connectivity index (χ0) is 25.1. The number of amides is 4. The van der Waals surface area contributed by atoms with Gasteiger partial charge in [-0.25, -0.2) is 9.78 Å². The van der Waals surface area contributed by atoms with Gasteiger partial charge in [0, 0.05) is 24.1 Å². The zero-order valence-corrected chi connectivity index (χ0v) is 19.3. The summed E-state index contributed by atoms with van der Waals surface area (Å²) in [5.74, 6) is -4.51. The number of nitrogens with two attached hydrogens (primary N) is 2. The van der Waals surface area contributed by atoms with Crippen molar-refractivity contribution in [3.63, 3.8) is 0 Å². The number of aliphatic carboxylic acids is 1. The molecule has 13 nitrogen and oxygen atoms in total. The number of carboxylic acid groups (broad SMARTS) is 1. The number of carbonyl (C=O) groups excluding carboxylic acids is 4. The number of imidazole rings is 1. The molecule has 1 aromatic heterocycles. The summed E-state index contributed by atoms with van der Waals surface area (Å²) in [6, 6.07) is -4.83. The number of carbonyl (C=O) groups is 5. The molecule has 33 heavy (non-hydrogen) atoms. The zero-order valence-electron chi connectivity index (χ0n) is 18.4. The molecular weight excluding hydrogens is 454 g/mol. The van der Waals surface area contributed by atoms with E-state index in [0.717, 1.165) is 0 Å². The van der Waals surface area contributed by atoms with E-state index in [2.05, 4.69) is 38.5 Å². The van der Waals surface area contributed by atoms with Gasteiger partial charge in [0.1, 0.15) is 18.1 Å². The number of rotatable bonds is 14. The molecule has 4 atom stereocenters.